The van der Waals surface area contributed by atoms with E-state index in [2.05, 4.69) is 5.32 Å². The molecule has 0 radical (unpaired) electrons. The van der Waals surface area contributed by atoms with Crippen molar-refractivity contribution in [3.05, 3.63) is 0 Å². The first-order valence-electron chi connectivity index (χ1n) is 5.28. The summed E-state index contributed by atoms with van der Waals surface area (Å²) < 4.78 is 15.6. The van der Waals surface area contributed by atoms with Crippen molar-refractivity contribution in [2.24, 2.45) is 5.92 Å². The first-order chi connectivity index (χ1) is 6.93. The molecule has 1 unspecified atom stereocenters. The number of hydrogen-bond acceptors (Lipinski definition) is 4. The van der Waals surface area contributed by atoms with Crippen LogP contribution in [0.2, 0.25) is 0 Å². The lowest BCUT2D eigenvalue weighted by Gasteiger charge is -2.09. The van der Waals surface area contributed by atoms with E-state index >= 15 is 0 Å². The maximum absolute atomic E-state index is 5.49. The standard InChI is InChI=1S/C10H21NO3.ClH/c1-12-4-5-13-6-7-14-9-10-2-3-11-8-10;/h10-11H,2-9H2,1H3;1H. The van der Waals surface area contributed by atoms with Crippen LogP contribution in [0.25, 0.3) is 0 Å². The summed E-state index contributed by atoms with van der Waals surface area (Å²) in [5, 5.41) is 3.31. The molecule has 0 aromatic carbocycles. The van der Waals surface area contributed by atoms with Crippen LogP contribution in [0, 0.1) is 5.92 Å². The molecule has 1 rings (SSSR count). The van der Waals surface area contributed by atoms with E-state index in [4.69, 9.17) is 14.2 Å². The van der Waals surface area contributed by atoms with Crippen molar-refractivity contribution >= 4 is 12.4 Å². The van der Waals surface area contributed by atoms with Gasteiger partial charge in [0.2, 0.25) is 0 Å². The van der Waals surface area contributed by atoms with Gasteiger partial charge in [0, 0.05) is 13.7 Å². The van der Waals surface area contributed by atoms with Crippen molar-refractivity contribution in [1.29, 1.82) is 0 Å². The summed E-state index contributed by atoms with van der Waals surface area (Å²) >= 11 is 0. The summed E-state index contributed by atoms with van der Waals surface area (Å²) in [6.45, 7) is 5.78. The average molecular weight is 240 g/mol. The lowest BCUT2D eigenvalue weighted by molar-refractivity contribution is 0.0172. The summed E-state index contributed by atoms with van der Waals surface area (Å²) in [5.74, 6) is 0.703. The molecule has 0 spiro atoms. The van der Waals surface area contributed by atoms with E-state index in [1.165, 1.54) is 6.42 Å². The van der Waals surface area contributed by atoms with Gasteiger partial charge in [0.15, 0.2) is 0 Å². The Balaban J connectivity index is 0.00000196. The Kier molecular flexibility index (Phi) is 10.7. The van der Waals surface area contributed by atoms with E-state index < -0.39 is 0 Å². The van der Waals surface area contributed by atoms with Crippen molar-refractivity contribution in [1.82, 2.24) is 5.32 Å². The third-order valence-electron chi connectivity index (χ3n) is 2.32. The van der Waals surface area contributed by atoms with Gasteiger partial charge >= 0.3 is 0 Å². The fourth-order valence-electron chi connectivity index (χ4n) is 1.47. The van der Waals surface area contributed by atoms with Crippen LogP contribution in [0.15, 0.2) is 0 Å². The zero-order valence-electron chi connectivity index (χ0n) is 9.37. The molecule has 1 aliphatic heterocycles. The highest BCUT2D eigenvalue weighted by atomic mass is 35.5. The minimum absolute atomic E-state index is 0. The molecule has 1 fully saturated rings. The smallest absolute Gasteiger partial charge is 0.0701 e. The lowest BCUT2D eigenvalue weighted by atomic mass is 10.1. The van der Waals surface area contributed by atoms with Crippen molar-refractivity contribution in [3.8, 4) is 0 Å². The van der Waals surface area contributed by atoms with E-state index in [1.807, 2.05) is 0 Å². The number of rotatable bonds is 8. The molecule has 1 aliphatic rings. The summed E-state index contributed by atoms with van der Waals surface area (Å²) in [6.07, 6.45) is 1.24. The molecule has 0 amide bonds. The van der Waals surface area contributed by atoms with Crippen LogP contribution >= 0.6 is 12.4 Å². The third-order valence-corrected chi connectivity index (χ3v) is 2.32. The van der Waals surface area contributed by atoms with E-state index in [0.717, 1.165) is 19.7 Å². The van der Waals surface area contributed by atoms with Gasteiger partial charge in [-0.2, -0.15) is 0 Å². The predicted octanol–water partition coefficient (Wildman–Crippen LogP) is 0.697. The van der Waals surface area contributed by atoms with Crippen molar-refractivity contribution in [2.75, 3.05) is 53.2 Å². The molecule has 92 valence electrons. The molecule has 0 bridgehead atoms. The highest BCUT2D eigenvalue weighted by Crippen LogP contribution is 2.06. The quantitative estimate of drug-likeness (QED) is 0.633. The van der Waals surface area contributed by atoms with Crippen LogP contribution in [0.5, 0.6) is 0 Å². The molecule has 1 N–H and O–H groups in total. The van der Waals surface area contributed by atoms with Crippen LogP contribution in [0.3, 0.4) is 0 Å². The minimum Gasteiger partial charge on any atom is -0.382 e. The Morgan fingerprint density at radius 3 is 2.53 bits per heavy atom. The summed E-state index contributed by atoms with van der Waals surface area (Å²) in [4.78, 5) is 0. The van der Waals surface area contributed by atoms with Crippen LogP contribution in [-0.2, 0) is 14.2 Å². The predicted molar refractivity (Wildman–Crippen MR) is 61.7 cm³/mol. The first-order valence-corrected chi connectivity index (χ1v) is 5.28. The number of nitrogens with one attached hydrogen (secondary N) is 1. The monoisotopic (exact) mass is 239 g/mol. The van der Waals surface area contributed by atoms with E-state index in [-0.39, 0.29) is 12.4 Å². The van der Waals surface area contributed by atoms with E-state index in [0.29, 0.717) is 32.3 Å². The van der Waals surface area contributed by atoms with Crippen molar-refractivity contribution in [2.45, 2.75) is 6.42 Å². The molecule has 0 saturated carbocycles. The normalized spacial score (nSPS) is 20.2. The van der Waals surface area contributed by atoms with Crippen molar-refractivity contribution in [3.63, 3.8) is 0 Å². The second-order valence-corrected chi connectivity index (χ2v) is 3.54. The molecule has 1 atom stereocenters. The van der Waals surface area contributed by atoms with Crippen LogP contribution in [0.1, 0.15) is 6.42 Å². The first kappa shape index (κ1) is 15.1. The second kappa shape index (κ2) is 10.6. The van der Waals surface area contributed by atoms with Gasteiger partial charge in [0.1, 0.15) is 0 Å². The van der Waals surface area contributed by atoms with Gasteiger partial charge in [0.05, 0.1) is 33.0 Å². The zero-order chi connectivity index (χ0) is 10.1. The number of halogens is 1. The molecular weight excluding hydrogens is 218 g/mol. The summed E-state index contributed by atoms with van der Waals surface area (Å²) in [5.41, 5.74) is 0. The second-order valence-electron chi connectivity index (χ2n) is 3.54. The van der Waals surface area contributed by atoms with Crippen LogP contribution in [0.4, 0.5) is 0 Å². The highest BCUT2D eigenvalue weighted by molar-refractivity contribution is 5.85. The molecule has 4 nitrogen and oxygen atoms in total. The Morgan fingerprint density at radius 2 is 1.87 bits per heavy atom. The van der Waals surface area contributed by atoms with Gasteiger partial charge in [-0.3, -0.25) is 0 Å². The topological polar surface area (TPSA) is 39.7 Å². The van der Waals surface area contributed by atoms with Gasteiger partial charge in [-0.05, 0) is 18.9 Å². The van der Waals surface area contributed by atoms with Gasteiger partial charge in [-0.15, -0.1) is 12.4 Å². The number of methoxy groups -OCH3 is 1. The Bertz CT molecular complexity index is 132. The molecule has 15 heavy (non-hydrogen) atoms. The molecule has 1 heterocycles. The van der Waals surface area contributed by atoms with Crippen LogP contribution in [-0.4, -0.2) is 53.2 Å². The fraction of sp³-hybridized carbons (Fsp3) is 1.00. The van der Waals surface area contributed by atoms with Crippen molar-refractivity contribution < 1.29 is 14.2 Å². The average Bonchev–Trinajstić information content (AvgIpc) is 2.69. The highest BCUT2D eigenvalue weighted by Gasteiger charge is 2.13. The van der Waals surface area contributed by atoms with Crippen LogP contribution < -0.4 is 5.32 Å². The third kappa shape index (κ3) is 7.99. The SMILES string of the molecule is COCCOCCOCC1CCNC1.Cl. The van der Waals surface area contributed by atoms with Gasteiger partial charge < -0.3 is 19.5 Å². The molecule has 0 aromatic rings. The molecule has 1 saturated heterocycles. The van der Waals surface area contributed by atoms with E-state index in [9.17, 15) is 0 Å². The number of hydrogen-bond donors (Lipinski definition) is 1. The Labute approximate surface area is 98.1 Å². The molecule has 0 aromatic heterocycles. The molecule has 0 aliphatic carbocycles. The minimum atomic E-state index is 0. The summed E-state index contributed by atoms with van der Waals surface area (Å²) in [7, 11) is 1.67. The van der Waals surface area contributed by atoms with E-state index in [1.54, 1.807) is 7.11 Å². The molecular formula is C10H22ClNO3. The largest absolute Gasteiger partial charge is 0.382 e. The maximum atomic E-state index is 5.49. The zero-order valence-corrected chi connectivity index (χ0v) is 10.2. The number of ether oxygens (including phenoxy) is 3. The van der Waals surface area contributed by atoms with Gasteiger partial charge in [-0.25, -0.2) is 0 Å². The Hall–Kier alpha value is 0.130. The Morgan fingerprint density at radius 1 is 1.13 bits per heavy atom. The van der Waals surface area contributed by atoms with Gasteiger partial charge in [0.25, 0.3) is 0 Å². The fourth-order valence-corrected chi connectivity index (χ4v) is 1.47. The van der Waals surface area contributed by atoms with Gasteiger partial charge in [-0.1, -0.05) is 0 Å². The molecule has 5 heteroatoms. The summed E-state index contributed by atoms with van der Waals surface area (Å²) in [6, 6.07) is 0. The lowest BCUT2D eigenvalue weighted by Crippen LogP contribution is -2.16. The maximum Gasteiger partial charge on any atom is 0.0701 e.